The summed E-state index contributed by atoms with van der Waals surface area (Å²) in [7, 11) is 0. The Morgan fingerprint density at radius 3 is 2.70 bits per heavy atom. The number of aryl methyl sites for hydroxylation is 1. The van der Waals surface area contributed by atoms with Crippen molar-refractivity contribution in [2.75, 3.05) is 0 Å². The Morgan fingerprint density at radius 2 is 2.05 bits per heavy atom. The third kappa shape index (κ3) is 3.14. The fourth-order valence-corrected chi connectivity index (χ4v) is 1.53. The van der Waals surface area contributed by atoms with Crippen LogP contribution in [0.2, 0.25) is 0 Å². The van der Waals surface area contributed by atoms with Crippen molar-refractivity contribution in [2.24, 2.45) is 0 Å². The second-order valence-electron chi connectivity index (χ2n) is 4.00. The zero-order valence-corrected chi connectivity index (χ0v) is 10.6. The van der Waals surface area contributed by atoms with Gasteiger partial charge in [-0.15, -0.1) is 0 Å². The van der Waals surface area contributed by atoms with Gasteiger partial charge < -0.3 is 4.74 Å². The highest BCUT2D eigenvalue weighted by molar-refractivity contribution is 5.86. The maximum atomic E-state index is 11.7. The van der Waals surface area contributed by atoms with E-state index in [0.29, 0.717) is 11.3 Å². The summed E-state index contributed by atoms with van der Waals surface area (Å²) in [4.78, 5) is 29.8. The number of aromatic nitrogens is 2. The molecule has 1 aromatic carbocycles. The minimum absolute atomic E-state index is 0.0641. The fraction of sp³-hybridized carbons (Fsp3) is 0.154. The number of carbonyl (C=O) groups is 1. The van der Waals surface area contributed by atoms with Gasteiger partial charge in [-0.2, -0.15) is 0 Å². The summed E-state index contributed by atoms with van der Waals surface area (Å²) in [6.45, 7) is 1.56. The molecule has 20 heavy (non-hydrogen) atoms. The number of nitro groups is 1. The average molecular weight is 273 g/mol. The van der Waals surface area contributed by atoms with Crippen LogP contribution in [0, 0.1) is 17.0 Å². The Hall–Kier alpha value is -2.83. The smallest absolute Gasteiger partial charge is 0.358 e. The number of carbonyl (C=O) groups excluding carboxylic acids is 1. The first-order valence-corrected chi connectivity index (χ1v) is 5.76. The van der Waals surface area contributed by atoms with E-state index in [-0.39, 0.29) is 18.0 Å². The largest absolute Gasteiger partial charge is 0.456 e. The first-order chi connectivity index (χ1) is 9.58. The molecule has 0 atom stereocenters. The molecule has 1 aromatic heterocycles. The number of nitro benzene ring substituents is 1. The molecule has 0 fully saturated rings. The molecule has 0 bridgehead atoms. The highest BCUT2D eigenvalue weighted by Crippen LogP contribution is 2.18. The highest BCUT2D eigenvalue weighted by Gasteiger charge is 2.15. The number of hydrogen-bond acceptors (Lipinski definition) is 6. The Balaban J connectivity index is 2.07. The Morgan fingerprint density at radius 1 is 1.30 bits per heavy atom. The van der Waals surface area contributed by atoms with Crippen LogP contribution in [-0.4, -0.2) is 20.9 Å². The van der Waals surface area contributed by atoms with Gasteiger partial charge in [0.2, 0.25) is 0 Å². The van der Waals surface area contributed by atoms with E-state index in [9.17, 15) is 14.9 Å². The molecule has 0 unspecified atom stereocenters. The SMILES string of the molecule is Cc1cnc(C(=O)OCc2ccccc2[N+](=O)[O-])cn1. The third-order valence-corrected chi connectivity index (χ3v) is 2.54. The first kappa shape index (κ1) is 13.6. The molecule has 0 N–H and O–H groups in total. The molecule has 7 nitrogen and oxygen atoms in total. The number of esters is 1. The van der Waals surface area contributed by atoms with Gasteiger partial charge in [-0.3, -0.25) is 15.1 Å². The predicted molar refractivity (Wildman–Crippen MR) is 69.0 cm³/mol. The lowest BCUT2D eigenvalue weighted by atomic mass is 10.2. The molecule has 102 valence electrons. The second-order valence-corrected chi connectivity index (χ2v) is 4.00. The summed E-state index contributed by atoms with van der Waals surface area (Å²) >= 11 is 0. The molecule has 0 aliphatic carbocycles. The average Bonchev–Trinajstić information content (AvgIpc) is 2.45. The van der Waals surface area contributed by atoms with E-state index < -0.39 is 10.9 Å². The van der Waals surface area contributed by atoms with Gasteiger partial charge in [0.25, 0.3) is 5.69 Å². The third-order valence-electron chi connectivity index (χ3n) is 2.54. The molecule has 0 saturated carbocycles. The molecule has 0 aliphatic heterocycles. The summed E-state index contributed by atoms with van der Waals surface area (Å²) in [5.74, 6) is -0.671. The van der Waals surface area contributed by atoms with Crippen LogP contribution >= 0.6 is 0 Å². The van der Waals surface area contributed by atoms with Crippen LogP contribution in [0.15, 0.2) is 36.7 Å². The van der Waals surface area contributed by atoms with Crippen molar-refractivity contribution in [3.63, 3.8) is 0 Å². The first-order valence-electron chi connectivity index (χ1n) is 5.76. The Bertz CT molecular complexity index is 640. The summed E-state index contributed by atoms with van der Waals surface area (Å²) in [5.41, 5.74) is 0.982. The number of rotatable bonds is 4. The maximum absolute atomic E-state index is 11.7. The van der Waals surface area contributed by atoms with Crippen LogP contribution in [0.5, 0.6) is 0 Å². The van der Waals surface area contributed by atoms with E-state index in [0.717, 1.165) is 0 Å². The van der Waals surface area contributed by atoms with Crippen molar-refractivity contribution in [1.29, 1.82) is 0 Å². The summed E-state index contributed by atoms with van der Waals surface area (Å²) < 4.78 is 5.00. The van der Waals surface area contributed by atoms with Crippen LogP contribution in [0.3, 0.4) is 0 Å². The van der Waals surface area contributed by atoms with Gasteiger partial charge >= 0.3 is 5.97 Å². The molecule has 7 heteroatoms. The molecule has 0 amide bonds. The van der Waals surface area contributed by atoms with Crippen LogP contribution in [0.25, 0.3) is 0 Å². The molecule has 2 aromatic rings. The normalized spacial score (nSPS) is 10.1. The Labute approximate surface area is 114 Å². The summed E-state index contributed by atoms with van der Waals surface area (Å²) in [6.07, 6.45) is 2.75. The molecule has 0 spiro atoms. The van der Waals surface area contributed by atoms with Crippen molar-refractivity contribution in [3.8, 4) is 0 Å². The molecular weight excluding hydrogens is 262 g/mol. The number of hydrogen-bond donors (Lipinski definition) is 0. The van der Waals surface area contributed by atoms with Gasteiger partial charge in [-0.05, 0) is 13.0 Å². The summed E-state index contributed by atoms with van der Waals surface area (Å²) in [5, 5.41) is 10.8. The molecular formula is C13H11N3O4. The van der Waals surface area contributed by atoms with Gasteiger partial charge in [-0.1, -0.05) is 12.1 Å². The zero-order chi connectivity index (χ0) is 14.5. The standard InChI is InChI=1S/C13H11N3O4/c1-9-6-15-11(7-14-9)13(17)20-8-10-4-2-3-5-12(10)16(18)19/h2-7H,8H2,1H3. The van der Waals surface area contributed by atoms with Gasteiger partial charge in [0.15, 0.2) is 5.69 Å². The van der Waals surface area contributed by atoms with E-state index in [2.05, 4.69) is 9.97 Å². The number of benzene rings is 1. The van der Waals surface area contributed by atoms with Crippen LogP contribution in [0.1, 0.15) is 21.7 Å². The summed E-state index contributed by atoms with van der Waals surface area (Å²) in [6, 6.07) is 6.08. The number of nitrogens with zero attached hydrogens (tertiary/aromatic N) is 3. The predicted octanol–water partition coefficient (Wildman–Crippen LogP) is 2.05. The van der Waals surface area contributed by atoms with Gasteiger partial charge in [-0.25, -0.2) is 9.78 Å². The fourth-order valence-electron chi connectivity index (χ4n) is 1.53. The van der Waals surface area contributed by atoms with Gasteiger partial charge in [0, 0.05) is 12.3 Å². The van der Waals surface area contributed by atoms with E-state index in [4.69, 9.17) is 4.74 Å². The van der Waals surface area contributed by atoms with Crippen molar-refractivity contribution in [1.82, 2.24) is 9.97 Å². The molecule has 0 radical (unpaired) electrons. The van der Waals surface area contributed by atoms with Gasteiger partial charge in [0.1, 0.15) is 6.61 Å². The Kier molecular flexibility index (Phi) is 3.99. The lowest BCUT2D eigenvalue weighted by molar-refractivity contribution is -0.385. The van der Waals surface area contributed by atoms with E-state index in [1.54, 1.807) is 19.1 Å². The molecule has 2 rings (SSSR count). The van der Waals surface area contributed by atoms with Crippen LogP contribution in [0.4, 0.5) is 5.69 Å². The topological polar surface area (TPSA) is 95.2 Å². The number of ether oxygens (including phenoxy) is 1. The molecule has 0 aliphatic rings. The molecule has 0 saturated heterocycles. The second kappa shape index (κ2) is 5.87. The van der Waals surface area contributed by atoms with Gasteiger partial charge in [0.05, 0.1) is 22.4 Å². The van der Waals surface area contributed by atoms with E-state index in [1.165, 1.54) is 24.5 Å². The van der Waals surface area contributed by atoms with Crippen molar-refractivity contribution >= 4 is 11.7 Å². The highest BCUT2D eigenvalue weighted by atomic mass is 16.6. The quantitative estimate of drug-likeness (QED) is 0.480. The minimum atomic E-state index is -0.671. The van der Waals surface area contributed by atoms with E-state index in [1.807, 2.05) is 0 Å². The molecule has 1 heterocycles. The van der Waals surface area contributed by atoms with Crippen molar-refractivity contribution in [2.45, 2.75) is 13.5 Å². The lowest BCUT2D eigenvalue weighted by Gasteiger charge is -2.05. The maximum Gasteiger partial charge on any atom is 0.358 e. The monoisotopic (exact) mass is 273 g/mol. The van der Waals surface area contributed by atoms with Crippen LogP contribution < -0.4 is 0 Å². The van der Waals surface area contributed by atoms with Crippen LogP contribution in [-0.2, 0) is 11.3 Å². The van der Waals surface area contributed by atoms with Crippen molar-refractivity contribution < 1.29 is 14.5 Å². The number of para-hydroxylation sites is 1. The zero-order valence-electron chi connectivity index (χ0n) is 10.6. The van der Waals surface area contributed by atoms with Crippen molar-refractivity contribution in [3.05, 3.63) is 63.7 Å². The minimum Gasteiger partial charge on any atom is -0.456 e. The van der Waals surface area contributed by atoms with E-state index >= 15 is 0 Å². The lowest BCUT2D eigenvalue weighted by Crippen LogP contribution is -2.09.